The van der Waals surface area contributed by atoms with Crippen LogP contribution < -0.4 is 10.5 Å². The van der Waals surface area contributed by atoms with Crippen molar-refractivity contribution in [1.82, 2.24) is 4.72 Å². The monoisotopic (exact) mass is 334 g/mol. The van der Waals surface area contributed by atoms with Gasteiger partial charge in [-0.05, 0) is 53.4 Å². The number of nitrogens with one attached hydrogen (secondary N) is 1. The van der Waals surface area contributed by atoms with Crippen molar-refractivity contribution in [2.75, 3.05) is 5.73 Å². The van der Waals surface area contributed by atoms with Crippen molar-refractivity contribution in [2.45, 2.75) is 44.6 Å². The number of benzene rings is 1. The SMILES string of the molecule is CCC(CC)NS(=O)(=O)c1cc(N)c(Br)cc1C. The van der Waals surface area contributed by atoms with E-state index in [4.69, 9.17) is 5.73 Å². The van der Waals surface area contributed by atoms with E-state index in [1.54, 1.807) is 13.0 Å². The first-order valence-corrected chi connectivity index (χ1v) is 8.17. The van der Waals surface area contributed by atoms with E-state index in [0.717, 1.165) is 12.8 Å². The summed E-state index contributed by atoms with van der Waals surface area (Å²) >= 11 is 3.28. The molecule has 0 bridgehead atoms. The van der Waals surface area contributed by atoms with Crippen LogP contribution >= 0.6 is 15.9 Å². The number of sulfonamides is 1. The fraction of sp³-hybridized carbons (Fsp3) is 0.500. The number of nitrogens with two attached hydrogens (primary N) is 1. The minimum absolute atomic E-state index is 0.0423. The normalized spacial score (nSPS) is 12.1. The Morgan fingerprint density at radius 2 is 1.89 bits per heavy atom. The van der Waals surface area contributed by atoms with Crippen LogP contribution in [0.1, 0.15) is 32.3 Å². The van der Waals surface area contributed by atoms with Crippen LogP contribution in [0.3, 0.4) is 0 Å². The maximum atomic E-state index is 12.3. The van der Waals surface area contributed by atoms with Gasteiger partial charge in [0.2, 0.25) is 10.0 Å². The van der Waals surface area contributed by atoms with Gasteiger partial charge in [0.1, 0.15) is 0 Å². The molecule has 0 aliphatic rings. The lowest BCUT2D eigenvalue weighted by Gasteiger charge is -2.17. The molecule has 0 saturated heterocycles. The minimum atomic E-state index is -3.50. The Kier molecular flexibility index (Phi) is 5.19. The van der Waals surface area contributed by atoms with Gasteiger partial charge in [0.05, 0.1) is 4.90 Å². The molecule has 102 valence electrons. The fourth-order valence-electron chi connectivity index (χ4n) is 1.70. The number of hydrogen-bond acceptors (Lipinski definition) is 3. The number of nitrogen functional groups attached to an aromatic ring is 1. The van der Waals surface area contributed by atoms with Crippen molar-refractivity contribution >= 4 is 31.6 Å². The van der Waals surface area contributed by atoms with Crippen LogP contribution in [0.4, 0.5) is 5.69 Å². The predicted molar refractivity (Wildman–Crippen MR) is 78.0 cm³/mol. The van der Waals surface area contributed by atoms with E-state index in [1.165, 1.54) is 6.07 Å². The number of anilines is 1. The first kappa shape index (κ1) is 15.5. The van der Waals surface area contributed by atoms with Crippen molar-refractivity contribution in [2.24, 2.45) is 0 Å². The molecule has 3 N–H and O–H groups in total. The summed E-state index contributed by atoms with van der Waals surface area (Å²) in [6, 6.07) is 3.17. The highest BCUT2D eigenvalue weighted by Crippen LogP contribution is 2.26. The van der Waals surface area contributed by atoms with Gasteiger partial charge >= 0.3 is 0 Å². The van der Waals surface area contributed by atoms with E-state index in [2.05, 4.69) is 20.7 Å². The Hall–Kier alpha value is -0.590. The third kappa shape index (κ3) is 3.46. The molecule has 0 spiro atoms. The van der Waals surface area contributed by atoms with E-state index in [1.807, 2.05) is 13.8 Å². The van der Waals surface area contributed by atoms with Gasteiger partial charge in [-0.1, -0.05) is 13.8 Å². The molecule has 1 rings (SSSR count). The van der Waals surface area contributed by atoms with Gasteiger partial charge in [-0.3, -0.25) is 0 Å². The average Bonchev–Trinajstić information content (AvgIpc) is 2.30. The lowest BCUT2D eigenvalue weighted by molar-refractivity contribution is 0.530. The fourth-order valence-corrected chi connectivity index (χ4v) is 3.82. The summed E-state index contributed by atoms with van der Waals surface area (Å²) in [5.41, 5.74) is 6.84. The van der Waals surface area contributed by atoms with Crippen molar-refractivity contribution < 1.29 is 8.42 Å². The third-order valence-corrected chi connectivity index (χ3v) is 5.24. The predicted octanol–water partition coefficient (Wildman–Crippen LogP) is 2.81. The molecule has 0 aliphatic heterocycles. The number of halogens is 1. The van der Waals surface area contributed by atoms with Gasteiger partial charge < -0.3 is 5.73 Å². The zero-order chi connectivity index (χ0) is 13.9. The summed E-state index contributed by atoms with van der Waals surface area (Å²) in [7, 11) is -3.50. The summed E-state index contributed by atoms with van der Waals surface area (Å²) < 4.78 is 27.9. The van der Waals surface area contributed by atoms with Crippen LogP contribution in [0.2, 0.25) is 0 Å². The molecule has 1 aromatic carbocycles. The van der Waals surface area contributed by atoms with E-state index in [9.17, 15) is 8.42 Å². The molecule has 0 radical (unpaired) electrons. The Labute approximate surface area is 117 Å². The molecule has 1 aromatic rings. The second-order valence-electron chi connectivity index (χ2n) is 4.27. The standard InChI is InChI=1S/C12H19BrN2O2S/c1-4-9(5-2)15-18(16,17)12-7-11(14)10(13)6-8(12)3/h6-7,9,15H,4-5,14H2,1-3H3. The largest absolute Gasteiger partial charge is 0.398 e. The molecule has 6 heteroatoms. The topological polar surface area (TPSA) is 72.2 Å². The van der Waals surface area contributed by atoms with Gasteiger partial charge in [-0.2, -0.15) is 0 Å². The third-order valence-electron chi connectivity index (χ3n) is 2.89. The average molecular weight is 335 g/mol. The zero-order valence-electron chi connectivity index (χ0n) is 10.8. The molecule has 0 aromatic heterocycles. The molecule has 0 saturated carbocycles. The lowest BCUT2D eigenvalue weighted by Crippen LogP contribution is -2.34. The van der Waals surface area contributed by atoms with Gasteiger partial charge in [0, 0.05) is 16.2 Å². The molecule has 0 fully saturated rings. The highest BCUT2D eigenvalue weighted by Gasteiger charge is 2.21. The van der Waals surface area contributed by atoms with Crippen molar-refractivity contribution in [3.8, 4) is 0 Å². The van der Waals surface area contributed by atoms with Gasteiger partial charge in [0.15, 0.2) is 0 Å². The first-order chi connectivity index (χ1) is 8.31. The van der Waals surface area contributed by atoms with Crippen LogP contribution in [0.5, 0.6) is 0 Å². The lowest BCUT2D eigenvalue weighted by atomic mass is 10.2. The Bertz CT molecular complexity index is 525. The Balaban J connectivity index is 3.16. The second kappa shape index (κ2) is 6.04. The quantitative estimate of drug-likeness (QED) is 0.813. The molecular weight excluding hydrogens is 316 g/mol. The molecule has 18 heavy (non-hydrogen) atoms. The highest BCUT2D eigenvalue weighted by atomic mass is 79.9. The number of aryl methyl sites for hydroxylation is 1. The zero-order valence-corrected chi connectivity index (χ0v) is 13.2. The summed E-state index contributed by atoms with van der Waals surface area (Å²) in [5, 5.41) is 0. The minimum Gasteiger partial charge on any atom is -0.398 e. The summed E-state index contributed by atoms with van der Waals surface area (Å²) in [6.45, 7) is 5.67. The number of rotatable bonds is 5. The van der Waals surface area contributed by atoms with E-state index in [-0.39, 0.29) is 10.9 Å². The van der Waals surface area contributed by atoms with E-state index < -0.39 is 10.0 Å². The van der Waals surface area contributed by atoms with Gasteiger partial charge in [-0.15, -0.1) is 0 Å². The summed E-state index contributed by atoms with van der Waals surface area (Å²) in [4.78, 5) is 0.245. The Morgan fingerprint density at radius 1 is 1.33 bits per heavy atom. The second-order valence-corrected chi connectivity index (χ2v) is 6.81. The smallest absolute Gasteiger partial charge is 0.241 e. The molecule has 0 unspecified atom stereocenters. The number of hydrogen-bond donors (Lipinski definition) is 2. The van der Waals surface area contributed by atoms with Crippen LogP contribution in [0.15, 0.2) is 21.5 Å². The maximum absolute atomic E-state index is 12.3. The molecule has 4 nitrogen and oxygen atoms in total. The Morgan fingerprint density at radius 3 is 2.39 bits per heavy atom. The van der Waals surface area contributed by atoms with Gasteiger partial charge in [-0.25, -0.2) is 13.1 Å². The molecular formula is C12H19BrN2O2S. The van der Waals surface area contributed by atoms with Crippen LogP contribution in [-0.4, -0.2) is 14.5 Å². The van der Waals surface area contributed by atoms with Crippen molar-refractivity contribution in [3.05, 3.63) is 22.2 Å². The van der Waals surface area contributed by atoms with Crippen LogP contribution in [0.25, 0.3) is 0 Å². The molecule has 0 amide bonds. The summed E-state index contributed by atoms with van der Waals surface area (Å²) in [5.74, 6) is 0. The van der Waals surface area contributed by atoms with Crippen molar-refractivity contribution in [1.29, 1.82) is 0 Å². The first-order valence-electron chi connectivity index (χ1n) is 5.89. The summed E-state index contributed by atoms with van der Waals surface area (Å²) in [6.07, 6.45) is 1.53. The van der Waals surface area contributed by atoms with Crippen molar-refractivity contribution in [3.63, 3.8) is 0 Å². The van der Waals surface area contributed by atoms with Gasteiger partial charge in [0.25, 0.3) is 0 Å². The molecule has 0 atom stereocenters. The maximum Gasteiger partial charge on any atom is 0.241 e. The van der Waals surface area contributed by atoms with Crippen LogP contribution in [0, 0.1) is 6.92 Å². The molecule has 0 aliphatic carbocycles. The van der Waals surface area contributed by atoms with E-state index >= 15 is 0 Å². The highest BCUT2D eigenvalue weighted by molar-refractivity contribution is 9.10. The van der Waals surface area contributed by atoms with E-state index in [0.29, 0.717) is 15.7 Å². The van der Waals surface area contributed by atoms with Crippen LogP contribution in [-0.2, 0) is 10.0 Å². The molecule has 0 heterocycles.